The Bertz CT molecular complexity index is 474. The molecular formula is C18H28BrNO. The number of halogens is 1. The highest BCUT2D eigenvalue weighted by molar-refractivity contribution is 9.10. The van der Waals surface area contributed by atoms with E-state index < -0.39 is 0 Å². The summed E-state index contributed by atoms with van der Waals surface area (Å²) >= 11 is 3.57. The summed E-state index contributed by atoms with van der Waals surface area (Å²) in [7, 11) is 1.70. The first-order valence-corrected chi connectivity index (χ1v) is 8.84. The van der Waals surface area contributed by atoms with Gasteiger partial charge < -0.3 is 10.5 Å². The Hall–Kier alpha value is -0.540. The molecule has 2 nitrogen and oxygen atoms in total. The van der Waals surface area contributed by atoms with Gasteiger partial charge in [-0.1, -0.05) is 32.8 Å². The highest BCUT2D eigenvalue weighted by Crippen LogP contribution is 2.35. The van der Waals surface area contributed by atoms with Crippen molar-refractivity contribution in [2.24, 2.45) is 17.6 Å². The molecule has 0 radical (unpaired) electrons. The lowest BCUT2D eigenvalue weighted by molar-refractivity contribution is 0.321. The summed E-state index contributed by atoms with van der Waals surface area (Å²) in [5, 5.41) is 0. The van der Waals surface area contributed by atoms with Crippen LogP contribution in [0.3, 0.4) is 0 Å². The SMILES string of the molecule is COc1ccc(CC2(N)CCCC(C(C)C)CC2)cc1Br. The van der Waals surface area contributed by atoms with Crippen LogP contribution >= 0.6 is 15.9 Å². The van der Waals surface area contributed by atoms with Gasteiger partial charge in [0.15, 0.2) is 0 Å². The second kappa shape index (κ2) is 7.15. The van der Waals surface area contributed by atoms with Crippen molar-refractivity contribution >= 4 is 15.9 Å². The van der Waals surface area contributed by atoms with E-state index >= 15 is 0 Å². The number of methoxy groups -OCH3 is 1. The summed E-state index contributed by atoms with van der Waals surface area (Å²) < 4.78 is 6.31. The van der Waals surface area contributed by atoms with Crippen molar-refractivity contribution in [1.82, 2.24) is 0 Å². The molecule has 3 heteroatoms. The van der Waals surface area contributed by atoms with Crippen LogP contribution in [0.5, 0.6) is 5.75 Å². The lowest BCUT2D eigenvalue weighted by Crippen LogP contribution is -2.41. The lowest BCUT2D eigenvalue weighted by atomic mass is 9.83. The summed E-state index contributed by atoms with van der Waals surface area (Å²) in [5.74, 6) is 2.51. The topological polar surface area (TPSA) is 35.2 Å². The molecule has 1 aromatic rings. The zero-order chi connectivity index (χ0) is 15.5. The van der Waals surface area contributed by atoms with Gasteiger partial charge in [-0.05, 0) is 71.1 Å². The van der Waals surface area contributed by atoms with Crippen LogP contribution in [0.2, 0.25) is 0 Å². The molecule has 1 aromatic carbocycles. The Kier molecular flexibility index (Phi) is 5.73. The molecule has 1 aliphatic rings. The normalized spacial score (nSPS) is 26.7. The van der Waals surface area contributed by atoms with Crippen molar-refractivity contribution in [3.05, 3.63) is 28.2 Å². The molecule has 118 valence electrons. The van der Waals surface area contributed by atoms with Gasteiger partial charge >= 0.3 is 0 Å². The molecule has 2 atom stereocenters. The predicted molar refractivity (Wildman–Crippen MR) is 92.7 cm³/mol. The second-order valence-corrected chi connectivity index (χ2v) is 7.80. The first-order valence-electron chi connectivity index (χ1n) is 8.05. The average molecular weight is 354 g/mol. The molecule has 0 amide bonds. The highest BCUT2D eigenvalue weighted by atomic mass is 79.9. The molecule has 2 unspecified atom stereocenters. The Balaban J connectivity index is 2.05. The van der Waals surface area contributed by atoms with Gasteiger partial charge in [0.1, 0.15) is 5.75 Å². The van der Waals surface area contributed by atoms with Gasteiger partial charge in [0.05, 0.1) is 11.6 Å². The van der Waals surface area contributed by atoms with Crippen molar-refractivity contribution in [3.8, 4) is 5.75 Å². The van der Waals surface area contributed by atoms with Gasteiger partial charge in [-0.15, -0.1) is 0 Å². The summed E-state index contributed by atoms with van der Waals surface area (Å²) in [4.78, 5) is 0. The van der Waals surface area contributed by atoms with Gasteiger partial charge in [-0.3, -0.25) is 0 Å². The molecule has 1 aliphatic carbocycles. The van der Waals surface area contributed by atoms with Crippen LogP contribution in [0.1, 0.15) is 51.5 Å². The van der Waals surface area contributed by atoms with E-state index in [1.807, 2.05) is 6.07 Å². The molecular weight excluding hydrogens is 326 g/mol. The minimum atomic E-state index is -0.0440. The predicted octanol–water partition coefficient (Wildman–Crippen LogP) is 4.93. The molecule has 0 aliphatic heterocycles. The molecule has 1 saturated carbocycles. The third kappa shape index (κ3) is 4.46. The summed E-state index contributed by atoms with van der Waals surface area (Å²) in [6, 6.07) is 6.32. The summed E-state index contributed by atoms with van der Waals surface area (Å²) in [6.45, 7) is 4.68. The minimum Gasteiger partial charge on any atom is -0.496 e. The molecule has 2 N–H and O–H groups in total. The van der Waals surface area contributed by atoms with Crippen LogP contribution in [-0.2, 0) is 6.42 Å². The smallest absolute Gasteiger partial charge is 0.133 e. The summed E-state index contributed by atoms with van der Waals surface area (Å²) in [5.41, 5.74) is 7.98. The van der Waals surface area contributed by atoms with Crippen molar-refractivity contribution in [1.29, 1.82) is 0 Å². The molecule has 0 spiro atoms. The maximum Gasteiger partial charge on any atom is 0.133 e. The lowest BCUT2D eigenvalue weighted by Gasteiger charge is -2.29. The van der Waals surface area contributed by atoms with Crippen LogP contribution < -0.4 is 10.5 Å². The second-order valence-electron chi connectivity index (χ2n) is 6.94. The van der Waals surface area contributed by atoms with Crippen molar-refractivity contribution in [2.45, 2.75) is 57.9 Å². The molecule has 1 fully saturated rings. The van der Waals surface area contributed by atoms with Gasteiger partial charge in [-0.25, -0.2) is 0 Å². The van der Waals surface area contributed by atoms with E-state index in [4.69, 9.17) is 10.5 Å². The van der Waals surface area contributed by atoms with Crippen molar-refractivity contribution in [3.63, 3.8) is 0 Å². The molecule has 2 rings (SSSR count). The number of ether oxygens (including phenoxy) is 1. The quantitative estimate of drug-likeness (QED) is 0.778. The van der Waals surface area contributed by atoms with Crippen molar-refractivity contribution < 1.29 is 4.74 Å². The Morgan fingerprint density at radius 3 is 2.71 bits per heavy atom. The number of nitrogens with two attached hydrogens (primary N) is 1. The third-order valence-corrected chi connectivity index (χ3v) is 5.60. The maximum absolute atomic E-state index is 6.73. The van der Waals surface area contributed by atoms with E-state index in [0.717, 1.165) is 41.3 Å². The van der Waals surface area contributed by atoms with Gasteiger partial charge in [-0.2, -0.15) is 0 Å². The number of rotatable bonds is 4. The zero-order valence-corrected chi connectivity index (χ0v) is 15.1. The van der Waals surface area contributed by atoms with Crippen LogP contribution in [0, 0.1) is 11.8 Å². The highest BCUT2D eigenvalue weighted by Gasteiger charge is 2.30. The Morgan fingerprint density at radius 1 is 1.33 bits per heavy atom. The van der Waals surface area contributed by atoms with Crippen molar-refractivity contribution in [2.75, 3.05) is 7.11 Å². The number of benzene rings is 1. The zero-order valence-electron chi connectivity index (χ0n) is 13.5. The van der Waals surface area contributed by atoms with Gasteiger partial charge in [0.2, 0.25) is 0 Å². The van der Waals surface area contributed by atoms with E-state index in [1.54, 1.807) is 7.11 Å². The average Bonchev–Trinajstić information content (AvgIpc) is 2.61. The molecule has 0 saturated heterocycles. The van der Waals surface area contributed by atoms with Crippen LogP contribution in [0.25, 0.3) is 0 Å². The van der Waals surface area contributed by atoms with Crippen LogP contribution in [0.15, 0.2) is 22.7 Å². The van der Waals surface area contributed by atoms with E-state index in [-0.39, 0.29) is 5.54 Å². The first-order chi connectivity index (χ1) is 9.93. The molecule has 0 bridgehead atoms. The van der Waals surface area contributed by atoms with Crippen LogP contribution in [0.4, 0.5) is 0 Å². The van der Waals surface area contributed by atoms with E-state index in [1.165, 1.54) is 24.8 Å². The number of hydrogen-bond acceptors (Lipinski definition) is 2. The maximum atomic E-state index is 6.73. The molecule has 0 aromatic heterocycles. The van der Waals surface area contributed by atoms with Gasteiger partial charge in [0.25, 0.3) is 0 Å². The fraction of sp³-hybridized carbons (Fsp3) is 0.667. The Morgan fingerprint density at radius 2 is 2.10 bits per heavy atom. The fourth-order valence-corrected chi connectivity index (χ4v) is 4.12. The largest absolute Gasteiger partial charge is 0.496 e. The first kappa shape index (κ1) is 16.8. The minimum absolute atomic E-state index is 0.0440. The number of hydrogen-bond donors (Lipinski definition) is 1. The standard InChI is InChI=1S/C18H28BrNO/c1-13(2)15-5-4-9-18(20,10-8-15)12-14-6-7-17(21-3)16(19)11-14/h6-7,11,13,15H,4-5,8-10,12,20H2,1-3H3. The van der Waals surface area contributed by atoms with E-state index in [2.05, 4.69) is 41.9 Å². The summed E-state index contributed by atoms with van der Waals surface area (Å²) in [6.07, 6.45) is 7.10. The third-order valence-electron chi connectivity index (χ3n) is 4.98. The Labute approximate surface area is 137 Å². The van der Waals surface area contributed by atoms with E-state index in [0.29, 0.717) is 0 Å². The fourth-order valence-electron chi connectivity index (χ4n) is 3.53. The molecule has 21 heavy (non-hydrogen) atoms. The van der Waals surface area contributed by atoms with E-state index in [9.17, 15) is 0 Å². The van der Waals surface area contributed by atoms with Gasteiger partial charge in [0, 0.05) is 5.54 Å². The monoisotopic (exact) mass is 353 g/mol. The van der Waals surface area contributed by atoms with Crippen LogP contribution in [-0.4, -0.2) is 12.6 Å². The molecule has 0 heterocycles.